The zero-order valence-corrected chi connectivity index (χ0v) is 8.87. The summed E-state index contributed by atoms with van der Waals surface area (Å²) in [6.45, 7) is 0. The fourth-order valence-electron chi connectivity index (χ4n) is 1.14. The number of halogens is 2. The maximum absolute atomic E-state index is 12.8. The van der Waals surface area contributed by atoms with Gasteiger partial charge in [-0.2, -0.15) is 0 Å². The Morgan fingerprint density at radius 3 is 2.62 bits per heavy atom. The number of nitrogens with zero attached hydrogens (tertiary/aromatic N) is 2. The predicted octanol–water partition coefficient (Wildman–Crippen LogP) is 2.59. The molecule has 0 atom stereocenters. The van der Waals surface area contributed by atoms with E-state index < -0.39 is 0 Å². The number of hydrogen-bond donors (Lipinski definition) is 2. The van der Waals surface area contributed by atoms with Gasteiger partial charge in [0.2, 0.25) is 0 Å². The van der Waals surface area contributed by atoms with Gasteiger partial charge in [-0.1, -0.05) is 11.6 Å². The summed E-state index contributed by atoms with van der Waals surface area (Å²) in [7, 11) is 0. The molecule has 6 heteroatoms. The second-order valence-electron chi connectivity index (χ2n) is 3.09. The van der Waals surface area contributed by atoms with E-state index in [9.17, 15) is 4.39 Å². The fourth-order valence-corrected chi connectivity index (χ4v) is 1.35. The highest BCUT2D eigenvalue weighted by Crippen LogP contribution is 2.24. The van der Waals surface area contributed by atoms with Crippen molar-refractivity contribution in [3.05, 3.63) is 41.2 Å². The van der Waals surface area contributed by atoms with Crippen LogP contribution in [-0.4, -0.2) is 10.2 Å². The standard InChI is InChI=1S/C10H8ClFN4/c11-7-5-6(12)1-2-8(7)14-10-4-3-9(13)15-16-10/h1-5H,(H2,13,15)(H,14,16). The SMILES string of the molecule is Nc1ccc(Nc2ccc(F)cc2Cl)nn1. The summed E-state index contributed by atoms with van der Waals surface area (Å²) in [6, 6.07) is 7.30. The minimum atomic E-state index is -0.390. The maximum Gasteiger partial charge on any atom is 0.153 e. The van der Waals surface area contributed by atoms with E-state index in [1.54, 1.807) is 12.1 Å². The molecule has 1 aromatic heterocycles. The first-order valence-corrected chi connectivity index (χ1v) is 4.84. The van der Waals surface area contributed by atoms with Crippen molar-refractivity contribution in [3.8, 4) is 0 Å². The number of nitrogens with one attached hydrogen (secondary N) is 1. The number of anilines is 3. The van der Waals surface area contributed by atoms with Crippen molar-refractivity contribution in [1.82, 2.24) is 10.2 Å². The van der Waals surface area contributed by atoms with E-state index in [2.05, 4.69) is 15.5 Å². The van der Waals surface area contributed by atoms with Crippen LogP contribution >= 0.6 is 11.6 Å². The van der Waals surface area contributed by atoms with Crippen LogP contribution in [-0.2, 0) is 0 Å². The molecule has 0 radical (unpaired) electrons. The van der Waals surface area contributed by atoms with Gasteiger partial charge >= 0.3 is 0 Å². The highest BCUT2D eigenvalue weighted by atomic mass is 35.5. The molecule has 0 amide bonds. The van der Waals surface area contributed by atoms with Gasteiger partial charge in [-0.05, 0) is 30.3 Å². The van der Waals surface area contributed by atoms with Gasteiger partial charge in [0.25, 0.3) is 0 Å². The average molecular weight is 239 g/mol. The molecule has 0 fully saturated rings. The summed E-state index contributed by atoms with van der Waals surface area (Å²) in [5, 5.41) is 10.6. The lowest BCUT2D eigenvalue weighted by Crippen LogP contribution is -1.98. The predicted molar refractivity (Wildman–Crippen MR) is 61.1 cm³/mol. The summed E-state index contributed by atoms with van der Waals surface area (Å²) in [6.07, 6.45) is 0. The molecule has 0 aliphatic heterocycles. The summed E-state index contributed by atoms with van der Waals surface area (Å²) < 4.78 is 12.8. The summed E-state index contributed by atoms with van der Waals surface area (Å²) in [5.41, 5.74) is 5.95. The average Bonchev–Trinajstić information content (AvgIpc) is 2.25. The number of hydrogen-bond acceptors (Lipinski definition) is 4. The molecule has 2 aromatic rings. The zero-order chi connectivity index (χ0) is 11.5. The lowest BCUT2D eigenvalue weighted by atomic mass is 10.3. The molecule has 0 unspecified atom stereocenters. The Labute approximate surface area is 96.3 Å². The lowest BCUT2D eigenvalue weighted by molar-refractivity contribution is 0.628. The largest absolute Gasteiger partial charge is 0.382 e. The van der Waals surface area contributed by atoms with Crippen molar-refractivity contribution in [1.29, 1.82) is 0 Å². The summed E-state index contributed by atoms with van der Waals surface area (Å²) in [4.78, 5) is 0. The van der Waals surface area contributed by atoms with Crippen LogP contribution in [0, 0.1) is 5.82 Å². The van der Waals surface area contributed by atoms with Crippen molar-refractivity contribution in [2.24, 2.45) is 0 Å². The molecule has 4 nitrogen and oxygen atoms in total. The first-order chi connectivity index (χ1) is 7.65. The van der Waals surface area contributed by atoms with E-state index in [1.165, 1.54) is 18.2 Å². The smallest absolute Gasteiger partial charge is 0.153 e. The molecule has 2 rings (SSSR count). The van der Waals surface area contributed by atoms with Gasteiger partial charge in [-0.3, -0.25) is 0 Å². The molecule has 16 heavy (non-hydrogen) atoms. The molecular formula is C10H8ClFN4. The number of benzene rings is 1. The molecule has 82 valence electrons. The Morgan fingerprint density at radius 2 is 2.00 bits per heavy atom. The third-order valence-corrected chi connectivity index (χ3v) is 2.19. The van der Waals surface area contributed by atoms with E-state index >= 15 is 0 Å². The highest BCUT2D eigenvalue weighted by Gasteiger charge is 2.03. The summed E-state index contributed by atoms with van der Waals surface area (Å²) >= 11 is 5.84. The molecule has 1 aromatic carbocycles. The molecule has 0 spiro atoms. The summed E-state index contributed by atoms with van der Waals surface area (Å²) in [5.74, 6) is 0.428. The number of aromatic nitrogens is 2. The van der Waals surface area contributed by atoms with Gasteiger partial charge in [0.1, 0.15) is 11.6 Å². The first kappa shape index (κ1) is 10.6. The van der Waals surface area contributed by atoms with Crippen molar-refractivity contribution < 1.29 is 4.39 Å². The van der Waals surface area contributed by atoms with Crippen LogP contribution in [0.5, 0.6) is 0 Å². The van der Waals surface area contributed by atoms with Gasteiger partial charge in [0.05, 0.1) is 10.7 Å². The monoisotopic (exact) mass is 238 g/mol. The molecule has 1 heterocycles. The Kier molecular flexibility index (Phi) is 2.87. The van der Waals surface area contributed by atoms with Gasteiger partial charge in [-0.15, -0.1) is 10.2 Å². The molecule has 0 bridgehead atoms. The van der Waals surface area contributed by atoms with Crippen LogP contribution in [0.3, 0.4) is 0 Å². The van der Waals surface area contributed by atoms with Crippen molar-refractivity contribution in [2.45, 2.75) is 0 Å². The van der Waals surface area contributed by atoms with Gasteiger partial charge in [0.15, 0.2) is 5.82 Å². The topological polar surface area (TPSA) is 63.8 Å². The molecule has 0 saturated heterocycles. The quantitative estimate of drug-likeness (QED) is 0.844. The molecule has 0 aliphatic rings. The van der Waals surface area contributed by atoms with Crippen molar-refractivity contribution in [2.75, 3.05) is 11.1 Å². The zero-order valence-electron chi connectivity index (χ0n) is 8.11. The normalized spacial score (nSPS) is 10.1. The van der Waals surface area contributed by atoms with Crippen LogP contribution in [0.4, 0.5) is 21.7 Å². The van der Waals surface area contributed by atoms with Crippen molar-refractivity contribution in [3.63, 3.8) is 0 Å². The van der Waals surface area contributed by atoms with E-state index in [0.29, 0.717) is 17.3 Å². The molecular weight excluding hydrogens is 231 g/mol. The van der Waals surface area contributed by atoms with Gasteiger partial charge in [0, 0.05) is 0 Å². The van der Waals surface area contributed by atoms with Crippen LogP contribution in [0.2, 0.25) is 5.02 Å². The Morgan fingerprint density at radius 1 is 1.19 bits per heavy atom. The maximum atomic E-state index is 12.8. The van der Waals surface area contributed by atoms with Crippen LogP contribution < -0.4 is 11.1 Å². The second-order valence-corrected chi connectivity index (χ2v) is 3.50. The lowest BCUT2D eigenvalue weighted by Gasteiger charge is -2.06. The van der Waals surface area contributed by atoms with Crippen LogP contribution in [0.15, 0.2) is 30.3 Å². The van der Waals surface area contributed by atoms with E-state index in [4.69, 9.17) is 17.3 Å². The van der Waals surface area contributed by atoms with Crippen molar-refractivity contribution >= 4 is 28.9 Å². The fraction of sp³-hybridized carbons (Fsp3) is 0. The van der Waals surface area contributed by atoms with E-state index in [0.717, 1.165) is 0 Å². The van der Waals surface area contributed by atoms with Crippen LogP contribution in [0.1, 0.15) is 0 Å². The van der Waals surface area contributed by atoms with Crippen LogP contribution in [0.25, 0.3) is 0 Å². The highest BCUT2D eigenvalue weighted by molar-refractivity contribution is 6.33. The molecule has 0 saturated carbocycles. The molecule has 0 aliphatic carbocycles. The Bertz CT molecular complexity index is 501. The number of nitrogen functional groups attached to an aromatic ring is 1. The first-order valence-electron chi connectivity index (χ1n) is 4.46. The Hall–Kier alpha value is -1.88. The minimum Gasteiger partial charge on any atom is -0.382 e. The van der Waals surface area contributed by atoms with Gasteiger partial charge < -0.3 is 11.1 Å². The third kappa shape index (κ3) is 2.38. The minimum absolute atomic E-state index is 0.277. The number of rotatable bonds is 2. The molecule has 3 N–H and O–H groups in total. The van der Waals surface area contributed by atoms with E-state index in [1.807, 2.05) is 0 Å². The van der Waals surface area contributed by atoms with E-state index in [-0.39, 0.29) is 10.8 Å². The Balaban J connectivity index is 2.23. The van der Waals surface area contributed by atoms with Gasteiger partial charge in [-0.25, -0.2) is 4.39 Å². The third-order valence-electron chi connectivity index (χ3n) is 1.88. The second kappa shape index (κ2) is 4.32. The number of nitrogens with two attached hydrogens (primary N) is 1.